The summed E-state index contributed by atoms with van der Waals surface area (Å²) in [6.45, 7) is 0. The summed E-state index contributed by atoms with van der Waals surface area (Å²) in [6.07, 6.45) is 0.192. The first-order chi connectivity index (χ1) is 11.5. The highest BCUT2D eigenvalue weighted by Gasteiger charge is 2.24. The molecule has 0 aliphatic heterocycles. The minimum atomic E-state index is -0.915. The molecule has 0 spiro atoms. The first kappa shape index (κ1) is 17.5. The lowest BCUT2D eigenvalue weighted by Gasteiger charge is -2.18. The highest BCUT2D eigenvalue weighted by Crippen LogP contribution is 2.19. The second-order valence-electron chi connectivity index (χ2n) is 5.08. The third kappa shape index (κ3) is 4.32. The number of esters is 1. The van der Waals surface area contributed by atoms with Crippen molar-refractivity contribution in [3.63, 3.8) is 0 Å². The van der Waals surface area contributed by atoms with Crippen LogP contribution in [0.2, 0.25) is 0 Å². The highest BCUT2D eigenvalue weighted by molar-refractivity contribution is 5.96. The van der Waals surface area contributed by atoms with Crippen molar-refractivity contribution in [1.29, 1.82) is 0 Å². The molecule has 1 amide bonds. The molecule has 0 aliphatic carbocycles. The number of benzene rings is 2. The summed E-state index contributed by atoms with van der Waals surface area (Å²) in [5, 5.41) is 2.58. The lowest BCUT2D eigenvalue weighted by atomic mass is 10.0. The van der Waals surface area contributed by atoms with Crippen LogP contribution in [0.3, 0.4) is 0 Å². The van der Waals surface area contributed by atoms with E-state index in [1.54, 1.807) is 24.3 Å². The van der Waals surface area contributed by atoms with Crippen LogP contribution in [0, 0.1) is 5.82 Å². The number of ether oxygens (including phenoxy) is 2. The van der Waals surface area contributed by atoms with Crippen molar-refractivity contribution in [1.82, 2.24) is 5.32 Å². The number of carbonyl (C=O) groups excluding carboxylic acids is 2. The Bertz CT molecular complexity index is 732. The molecular formula is C18H18FNO4. The molecule has 0 saturated heterocycles. The van der Waals surface area contributed by atoms with Gasteiger partial charge in [-0.2, -0.15) is 0 Å². The van der Waals surface area contributed by atoms with Gasteiger partial charge < -0.3 is 14.8 Å². The summed E-state index contributed by atoms with van der Waals surface area (Å²) in [5.74, 6) is -1.07. The lowest BCUT2D eigenvalue weighted by molar-refractivity contribution is -0.142. The van der Waals surface area contributed by atoms with Gasteiger partial charge in [0.1, 0.15) is 17.6 Å². The van der Waals surface area contributed by atoms with Crippen molar-refractivity contribution in [2.75, 3.05) is 14.2 Å². The Balaban J connectivity index is 2.20. The maximum Gasteiger partial charge on any atom is 0.328 e. The molecule has 126 valence electrons. The first-order valence-corrected chi connectivity index (χ1v) is 7.31. The summed E-state index contributed by atoms with van der Waals surface area (Å²) in [6, 6.07) is 11.5. The van der Waals surface area contributed by atoms with Crippen molar-refractivity contribution < 1.29 is 23.5 Å². The molecule has 0 heterocycles. The van der Waals surface area contributed by atoms with E-state index in [4.69, 9.17) is 9.47 Å². The van der Waals surface area contributed by atoms with E-state index in [1.165, 1.54) is 32.4 Å². The Hall–Kier alpha value is -2.89. The van der Waals surface area contributed by atoms with E-state index < -0.39 is 23.7 Å². The number of amides is 1. The lowest BCUT2D eigenvalue weighted by Crippen LogP contribution is -2.43. The van der Waals surface area contributed by atoms with Crippen LogP contribution in [-0.4, -0.2) is 32.1 Å². The summed E-state index contributed by atoms with van der Waals surface area (Å²) in [5.41, 5.74) is 0.874. The monoisotopic (exact) mass is 331 g/mol. The molecule has 2 rings (SSSR count). The van der Waals surface area contributed by atoms with Gasteiger partial charge in [-0.3, -0.25) is 4.79 Å². The third-order valence-electron chi connectivity index (χ3n) is 3.49. The Kier molecular flexibility index (Phi) is 5.89. The average molecular weight is 331 g/mol. The third-order valence-corrected chi connectivity index (χ3v) is 3.49. The fourth-order valence-electron chi connectivity index (χ4n) is 2.30. The molecule has 2 aromatic rings. The number of hydrogen-bond acceptors (Lipinski definition) is 4. The molecule has 0 radical (unpaired) electrons. The molecule has 0 aliphatic rings. The molecule has 2 aromatic carbocycles. The Morgan fingerprint density at radius 3 is 2.54 bits per heavy atom. The zero-order chi connectivity index (χ0) is 17.5. The number of carbonyl (C=O) groups is 2. The van der Waals surface area contributed by atoms with Gasteiger partial charge in [0, 0.05) is 12.0 Å². The molecule has 0 saturated carbocycles. The smallest absolute Gasteiger partial charge is 0.328 e. The Morgan fingerprint density at radius 1 is 1.12 bits per heavy atom. The van der Waals surface area contributed by atoms with Gasteiger partial charge in [0.05, 0.1) is 14.2 Å². The van der Waals surface area contributed by atoms with Crippen LogP contribution in [0.15, 0.2) is 48.5 Å². The molecular weight excluding hydrogens is 313 g/mol. The number of para-hydroxylation sites is 1. The van der Waals surface area contributed by atoms with Gasteiger partial charge in [0.2, 0.25) is 0 Å². The second kappa shape index (κ2) is 8.10. The first-order valence-electron chi connectivity index (χ1n) is 7.31. The van der Waals surface area contributed by atoms with Crippen LogP contribution in [0.25, 0.3) is 0 Å². The fraction of sp³-hybridized carbons (Fsp3) is 0.222. The molecule has 6 heteroatoms. The zero-order valence-electron chi connectivity index (χ0n) is 13.4. The molecule has 24 heavy (non-hydrogen) atoms. The number of nitrogens with one attached hydrogen (secondary N) is 1. The molecule has 0 unspecified atom stereocenters. The normalized spacial score (nSPS) is 11.5. The molecule has 0 fully saturated rings. The minimum absolute atomic E-state index is 0.129. The van der Waals surface area contributed by atoms with E-state index in [0.29, 0.717) is 5.75 Å². The maximum absolute atomic E-state index is 13.2. The van der Waals surface area contributed by atoms with Gasteiger partial charge >= 0.3 is 5.97 Å². The molecule has 1 N–H and O–H groups in total. The average Bonchev–Trinajstić information content (AvgIpc) is 2.60. The van der Waals surface area contributed by atoms with Crippen molar-refractivity contribution in [3.8, 4) is 5.75 Å². The highest BCUT2D eigenvalue weighted by atomic mass is 19.1. The van der Waals surface area contributed by atoms with Gasteiger partial charge in [-0.1, -0.05) is 24.3 Å². The van der Waals surface area contributed by atoms with Gasteiger partial charge in [0.15, 0.2) is 0 Å². The molecule has 5 nitrogen and oxygen atoms in total. The fourth-order valence-corrected chi connectivity index (χ4v) is 2.30. The minimum Gasteiger partial charge on any atom is -0.496 e. The van der Waals surface area contributed by atoms with Gasteiger partial charge in [-0.05, 0) is 29.8 Å². The van der Waals surface area contributed by atoms with Crippen molar-refractivity contribution in [3.05, 3.63) is 65.5 Å². The largest absolute Gasteiger partial charge is 0.496 e. The Labute approximate surface area is 139 Å². The van der Waals surface area contributed by atoms with E-state index in [-0.39, 0.29) is 12.0 Å². The topological polar surface area (TPSA) is 64.6 Å². The van der Waals surface area contributed by atoms with E-state index in [2.05, 4.69) is 5.32 Å². The van der Waals surface area contributed by atoms with E-state index in [9.17, 15) is 14.0 Å². The SMILES string of the molecule is COC(=O)[C@@H](Cc1ccccc1OC)NC(=O)c1cccc(F)c1. The number of methoxy groups -OCH3 is 2. The van der Waals surface area contributed by atoms with Crippen LogP contribution in [0.1, 0.15) is 15.9 Å². The van der Waals surface area contributed by atoms with Crippen LogP contribution < -0.4 is 10.1 Å². The van der Waals surface area contributed by atoms with Crippen LogP contribution >= 0.6 is 0 Å². The summed E-state index contributed by atoms with van der Waals surface area (Å²) < 4.78 is 23.2. The second-order valence-corrected chi connectivity index (χ2v) is 5.08. The van der Waals surface area contributed by atoms with E-state index >= 15 is 0 Å². The van der Waals surface area contributed by atoms with Gasteiger partial charge in [-0.25, -0.2) is 9.18 Å². The van der Waals surface area contributed by atoms with Crippen molar-refractivity contribution >= 4 is 11.9 Å². The summed E-state index contributed by atoms with van der Waals surface area (Å²) >= 11 is 0. The summed E-state index contributed by atoms with van der Waals surface area (Å²) in [7, 11) is 2.77. The van der Waals surface area contributed by atoms with Crippen molar-refractivity contribution in [2.24, 2.45) is 0 Å². The Morgan fingerprint density at radius 2 is 1.88 bits per heavy atom. The van der Waals surface area contributed by atoms with Crippen LogP contribution in [-0.2, 0) is 16.0 Å². The van der Waals surface area contributed by atoms with E-state index in [0.717, 1.165) is 11.6 Å². The number of halogens is 1. The van der Waals surface area contributed by atoms with Gasteiger partial charge in [-0.15, -0.1) is 0 Å². The van der Waals surface area contributed by atoms with Gasteiger partial charge in [0.25, 0.3) is 5.91 Å². The van der Waals surface area contributed by atoms with Crippen LogP contribution in [0.5, 0.6) is 5.75 Å². The predicted molar refractivity (Wildman–Crippen MR) is 86.4 cm³/mol. The number of hydrogen-bond donors (Lipinski definition) is 1. The van der Waals surface area contributed by atoms with Crippen LogP contribution in [0.4, 0.5) is 4.39 Å². The van der Waals surface area contributed by atoms with E-state index in [1.807, 2.05) is 0 Å². The molecule has 1 atom stereocenters. The predicted octanol–water partition coefficient (Wildman–Crippen LogP) is 2.35. The molecule has 0 aromatic heterocycles. The van der Waals surface area contributed by atoms with Crippen molar-refractivity contribution in [2.45, 2.75) is 12.5 Å². The standard InChI is InChI=1S/C18H18FNO4/c1-23-16-9-4-3-6-12(16)11-15(18(22)24-2)20-17(21)13-7-5-8-14(19)10-13/h3-10,15H,11H2,1-2H3,(H,20,21)/t15-/m1/s1. The maximum atomic E-state index is 13.2. The number of rotatable bonds is 6. The zero-order valence-corrected chi connectivity index (χ0v) is 13.4. The molecule has 0 bridgehead atoms. The quantitative estimate of drug-likeness (QED) is 0.825. The summed E-state index contributed by atoms with van der Waals surface area (Å²) in [4.78, 5) is 24.3.